The van der Waals surface area contributed by atoms with Gasteiger partial charge in [-0.3, -0.25) is 9.59 Å². The molecule has 0 aliphatic rings. The number of aryl methyl sites for hydroxylation is 1. The number of carbonyl (C=O) groups excluding carboxylic acids is 2. The summed E-state index contributed by atoms with van der Waals surface area (Å²) in [6, 6.07) is 20.2. The topological polar surface area (TPSA) is 88.4 Å². The van der Waals surface area contributed by atoms with Crippen LogP contribution >= 0.6 is 11.6 Å². The number of carbonyl (C=O) groups is 2. The molecule has 1 heterocycles. The highest BCUT2D eigenvalue weighted by molar-refractivity contribution is 6.39. The highest BCUT2D eigenvalue weighted by Gasteiger charge is 2.15. The fraction of sp³-hybridized carbons (Fsp3) is 0.0400. The molecule has 3 aromatic carbocycles. The van der Waals surface area contributed by atoms with E-state index in [0.717, 1.165) is 11.3 Å². The number of hydrogen-bond acceptors (Lipinski definition) is 4. The van der Waals surface area contributed by atoms with E-state index in [0.29, 0.717) is 27.5 Å². The molecule has 170 valence electrons. The van der Waals surface area contributed by atoms with Crippen LogP contribution in [0.4, 0.5) is 10.1 Å². The molecule has 0 unspecified atom stereocenters. The van der Waals surface area contributed by atoms with E-state index in [1.165, 1.54) is 18.3 Å². The second kappa shape index (κ2) is 10.1. The molecule has 0 atom stereocenters. The van der Waals surface area contributed by atoms with E-state index in [-0.39, 0.29) is 5.82 Å². The molecule has 0 spiro atoms. The number of hydrogen-bond donors (Lipinski definition) is 2. The molecule has 9 heteroatoms. The van der Waals surface area contributed by atoms with Crippen LogP contribution in [0.2, 0.25) is 5.02 Å². The number of aromatic nitrogens is 2. The zero-order valence-electron chi connectivity index (χ0n) is 18.0. The first-order valence-corrected chi connectivity index (χ1v) is 10.6. The summed E-state index contributed by atoms with van der Waals surface area (Å²) >= 11 is 6.04. The van der Waals surface area contributed by atoms with Gasteiger partial charge < -0.3 is 5.32 Å². The predicted octanol–water partition coefficient (Wildman–Crippen LogP) is 4.73. The van der Waals surface area contributed by atoms with Crippen LogP contribution in [-0.2, 0) is 9.59 Å². The minimum atomic E-state index is -0.952. The van der Waals surface area contributed by atoms with Gasteiger partial charge in [-0.2, -0.15) is 10.2 Å². The number of hydrazone groups is 1. The number of para-hydroxylation sites is 1. The Morgan fingerprint density at radius 1 is 1.03 bits per heavy atom. The summed E-state index contributed by atoms with van der Waals surface area (Å²) in [7, 11) is 0. The number of anilines is 1. The number of rotatable bonds is 5. The first-order valence-electron chi connectivity index (χ1n) is 10.2. The summed E-state index contributed by atoms with van der Waals surface area (Å²) < 4.78 is 15.0. The van der Waals surface area contributed by atoms with Gasteiger partial charge in [0.2, 0.25) is 0 Å². The van der Waals surface area contributed by atoms with E-state index in [4.69, 9.17) is 11.6 Å². The first-order chi connectivity index (χ1) is 16.4. The van der Waals surface area contributed by atoms with Gasteiger partial charge in [0.1, 0.15) is 11.5 Å². The SMILES string of the molecule is Cc1ccc(NC(=O)C(=O)N/N=C\c2cn(-c3ccccc3)nc2-c2ccc(F)cc2)cc1Cl. The summed E-state index contributed by atoms with van der Waals surface area (Å²) in [4.78, 5) is 24.3. The summed E-state index contributed by atoms with van der Waals surface area (Å²) in [5.41, 5.74) is 6.00. The Hall–Kier alpha value is -4.30. The molecular formula is C25H19ClFN5O2. The number of halogens is 2. The Kier molecular flexibility index (Phi) is 6.79. The summed E-state index contributed by atoms with van der Waals surface area (Å²) in [6.45, 7) is 1.83. The lowest BCUT2D eigenvalue weighted by Crippen LogP contribution is -2.32. The standard InChI is InChI=1S/C25H19ClFN5O2/c1-16-7-12-20(13-22(16)26)29-24(33)25(34)30-28-14-18-15-32(21-5-3-2-4-6-21)31-23(18)17-8-10-19(27)11-9-17/h2-15H,1H3,(H,29,33)(H,30,34)/b28-14-. The molecule has 34 heavy (non-hydrogen) atoms. The molecule has 4 rings (SSSR count). The zero-order valence-corrected chi connectivity index (χ0v) is 18.8. The molecule has 4 aromatic rings. The maximum Gasteiger partial charge on any atom is 0.329 e. The summed E-state index contributed by atoms with van der Waals surface area (Å²) in [5, 5.41) is 11.4. The van der Waals surface area contributed by atoms with Crippen molar-refractivity contribution in [2.75, 3.05) is 5.32 Å². The molecule has 1 aromatic heterocycles. The molecule has 0 fully saturated rings. The van der Waals surface area contributed by atoms with Crippen LogP contribution in [0.15, 0.2) is 84.1 Å². The minimum Gasteiger partial charge on any atom is -0.318 e. The van der Waals surface area contributed by atoms with E-state index in [9.17, 15) is 14.0 Å². The highest BCUT2D eigenvalue weighted by atomic mass is 35.5. The van der Waals surface area contributed by atoms with Crippen molar-refractivity contribution in [2.24, 2.45) is 5.10 Å². The third-order valence-electron chi connectivity index (χ3n) is 4.89. The van der Waals surface area contributed by atoms with Crippen molar-refractivity contribution in [1.82, 2.24) is 15.2 Å². The second-order valence-corrected chi connectivity index (χ2v) is 7.74. The van der Waals surface area contributed by atoms with E-state index >= 15 is 0 Å². The van der Waals surface area contributed by atoms with Gasteiger partial charge in [0, 0.05) is 28.0 Å². The predicted molar refractivity (Wildman–Crippen MR) is 130 cm³/mol. The molecule has 0 saturated heterocycles. The van der Waals surface area contributed by atoms with Crippen molar-refractivity contribution in [3.8, 4) is 16.9 Å². The Bertz CT molecular complexity index is 1370. The molecule has 0 aliphatic carbocycles. The van der Waals surface area contributed by atoms with Gasteiger partial charge in [0.25, 0.3) is 0 Å². The van der Waals surface area contributed by atoms with Crippen molar-refractivity contribution in [3.05, 3.63) is 101 Å². The Morgan fingerprint density at radius 3 is 2.47 bits per heavy atom. The van der Waals surface area contributed by atoms with Crippen molar-refractivity contribution in [1.29, 1.82) is 0 Å². The molecular weight excluding hydrogens is 457 g/mol. The van der Waals surface area contributed by atoms with Gasteiger partial charge in [-0.15, -0.1) is 0 Å². The van der Waals surface area contributed by atoms with Crippen LogP contribution in [0.1, 0.15) is 11.1 Å². The van der Waals surface area contributed by atoms with Crippen molar-refractivity contribution < 1.29 is 14.0 Å². The Morgan fingerprint density at radius 2 is 1.76 bits per heavy atom. The smallest absolute Gasteiger partial charge is 0.318 e. The van der Waals surface area contributed by atoms with E-state index < -0.39 is 11.8 Å². The van der Waals surface area contributed by atoms with Crippen LogP contribution < -0.4 is 10.7 Å². The number of benzene rings is 3. The lowest BCUT2D eigenvalue weighted by molar-refractivity contribution is -0.136. The minimum absolute atomic E-state index is 0.366. The fourth-order valence-electron chi connectivity index (χ4n) is 3.10. The Labute approximate surface area is 199 Å². The highest BCUT2D eigenvalue weighted by Crippen LogP contribution is 2.23. The molecule has 7 nitrogen and oxygen atoms in total. The van der Waals surface area contributed by atoms with Crippen LogP contribution in [0.5, 0.6) is 0 Å². The van der Waals surface area contributed by atoms with Crippen molar-refractivity contribution >= 4 is 35.3 Å². The zero-order chi connectivity index (χ0) is 24.1. The maximum absolute atomic E-state index is 13.4. The average molecular weight is 476 g/mol. The summed E-state index contributed by atoms with van der Waals surface area (Å²) in [6.07, 6.45) is 3.09. The second-order valence-electron chi connectivity index (χ2n) is 7.34. The number of amides is 2. The van der Waals surface area contributed by atoms with Gasteiger partial charge >= 0.3 is 11.8 Å². The van der Waals surface area contributed by atoms with Crippen molar-refractivity contribution in [3.63, 3.8) is 0 Å². The molecule has 0 bridgehead atoms. The van der Waals surface area contributed by atoms with E-state index in [1.54, 1.807) is 41.2 Å². The van der Waals surface area contributed by atoms with E-state index in [1.807, 2.05) is 37.3 Å². The lowest BCUT2D eigenvalue weighted by atomic mass is 10.1. The van der Waals surface area contributed by atoms with Gasteiger partial charge in [-0.1, -0.05) is 35.9 Å². The van der Waals surface area contributed by atoms with Crippen molar-refractivity contribution in [2.45, 2.75) is 6.92 Å². The van der Waals surface area contributed by atoms with Gasteiger partial charge in [0.05, 0.1) is 11.9 Å². The maximum atomic E-state index is 13.4. The first kappa shape index (κ1) is 22.9. The molecule has 0 saturated carbocycles. The van der Waals surface area contributed by atoms with Gasteiger partial charge in [0.15, 0.2) is 0 Å². The average Bonchev–Trinajstić information content (AvgIpc) is 3.26. The number of nitrogens with one attached hydrogen (secondary N) is 2. The van der Waals surface area contributed by atoms with Gasteiger partial charge in [-0.25, -0.2) is 14.5 Å². The largest absolute Gasteiger partial charge is 0.329 e. The molecule has 2 N–H and O–H groups in total. The normalized spacial score (nSPS) is 10.9. The fourth-order valence-corrected chi connectivity index (χ4v) is 3.28. The third kappa shape index (κ3) is 5.36. The summed E-state index contributed by atoms with van der Waals surface area (Å²) in [5.74, 6) is -2.21. The Balaban J connectivity index is 1.52. The molecule has 0 radical (unpaired) electrons. The van der Waals surface area contributed by atoms with Crippen LogP contribution in [0.25, 0.3) is 16.9 Å². The molecule has 0 aliphatic heterocycles. The quantitative estimate of drug-likeness (QED) is 0.248. The number of nitrogens with zero attached hydrogens (tertiary/aromatic N) is 3. The van der Waals surface area contributed by atoms with E-state index in [2.05, 4.69) is 20.9 Å². The van der Waals surface area contributed by atoms with Crippen LogP contribution in [0, 0.1) is 12.7 Å². The monoisotopic (exact) mass is 475 g/mol. The lowest BCUT2D eigenvalue weighted by Gasteiger charge is -2.05. The third-order valence-corrected chi connectivity index (χ3v) is 5.29. The van der Waals surface area contributed by atoms with Crippen LogP contribution in [0.3, 0.4) is 0 Å². The van der Waals surface area contributed by atoms with Gasteiger partial charge in [-0.05, 0) is 61.0 Å². The van der Waals surface area contributed by atoms with Crippen LogP contribution in [-0.4, -0.2) is 27.8 Å². The molecule has 2 amide bonds.